The minimum atomic E-state index is -0.336. The van der Waals surface area contributed by atoms with Gasteiger partial charge in [-0.05, 0) is 36.7 Å². The number of hydrogen-bond donors (Lipinski definition) is 1. The molecule has 0 radical (unpaired) electrons. The van der Waals surface area contributed by atoms with E-state index in [4.69, 9.17) is 5.73 Å². The molecular weight excluding hydrogens is 294 g/mol. The van der Waals surface area contributed by atoms with Crippen LogP contribution in [0.4, 0.5) is 0 Å². The van der Waals surface area contributed by atoms with Crippen molar-refractivity contribution in [3.8, 4) is 0 Å². The second-order valence-electron chi connectivity index (χ2n) is 4.48. The molecule has 5 nitrogen and oxygen atoms in total. The number of aryl methyl sites for hydroxylation is 1. The average molecular weight is 310 g/mol. The van der Waals surface area contributed by atoms with Crippen LogP contribution < -0.4 is 5.73 Å². The van der Waals surface area contributed by atoms with Gasteiger partial charge in [-0.3, -0.25) is 14.6 Å². The first-order valence-electron chi connectivity index (χ1n) is 5.77. The number of nitrogens with two attached hydrogens (primary N) is 1. The van der Waals surface area contributed by atoms with E-state index in [1.165, 1.54) is 0 Å². The molecule has 1 unspecified atom stereocenters. The zero-order valence-corrected chi connectivity index (χ0v) is 12.2. The molecule has 0 aliphatic heterocycles. The van der Waals surface area contributed by atoms with Gasteiger partial charge in [0.2, 0.25) is 0 Å². The van der Waals surface area contributed by atoms with Crippen molar-refractivity contribution in [2.45, 2.75) is 32.9 Å². The largest absolute Gasteiger partial charge is 0.318 e. The van der Waals surface area contributed by atoms with Crippen molar-refractivity contribution >= 4 is 15.9 Å². The van der Waals surface area contributed by atoms with Crippen molar-refractivity contribution in [3.05, 3.63) is 40.1 Å². The van der Waals surface area contributed by atoms with Gasteiger partial charge in [-0.25, -0.2) is 0 Å². The topological polar surface area (TPSA) is 69.6 Å². The fourth-order valence-corrected chi connectivity index (χ4v) is 2.28. The first kappa shape index (κ1) is 13.2. The van der Waals surface area contributed by atoms with Crippen LogP contribution in [0.3, 0.4) is 0 Å². The Morgan fingerprint density at radius 2 is 1.94 bits per heavy atom. The van der Waals surface area contributed by atoms with Crippen LogP contribution in [0.15, 0.2) is 23.1 Å². The van der Waals surface area contributed by atoms with E-state index < -0.39 is 0 Å². The fraction of sp³-hybridized carbons (Fsp3) is 0.417. The molecule has 0 aliphatic carbocycles. The summed E-state index contributed by atoms with van der Waals surface area (Å²) < 4.78 is 2.79. The van der Waals surface area contributed by atoms with Gasteiger partial charge in [0.25, 0.3) is 0 Å². The third-order valence-electron chi connectivity index (χ3n) is 2.69. The molecule has 0 saturated heterocycles. The van der Waals surface area contributed by atoms with E-state index in [1.807, 2.05) is 11.6 Å². The number of aromatic nitrogens is 4. The van der Waals surface area contributed by atoms with Gasteiger partial charge < -0.3 is 5.73 Å². The SMILES string of the molecule is Cc1cnc(C(N)c2c(Br)cnn2C(C)C)cn1. The molecule has 2 heterocycles. The quantitative estimate of drug-likeness (QED) is 0.945. The Morgan fingerprint density at radius 1 is 1.22 bits per heavy atom. The number of nitrogens with zero attached hydrogens (tertiary/aromatic N) is 4. The minimum absolute atomic E-state index is 0.246. The van der Waals surface area contributed by atoms with Crippen molar-refractivity contribution in [1.82, 2.24) is 19.7 Å². The monoisotopic (exact) mass is 309 g/mol. The molecular formula is C12H16BrN5. The van der Waals surface area contributed by atoms with Crippen LogP contribution in [-0.4, -0.2) is 19.7 Å². The lowest BCUT2D eigenvalue weighted by Gasteiger charge is -2.16. The van der Waals surface area contributed by atoms with Gasteiger partial charge in [0.15, 0.2) is 0 Å². The molecule has 0 aromatic carbocycles. The highest BCUT2D eigenvalue weighted by Gasteiger charge is 2.20. The molecule has 2 rings (SSSR count). The summed E-state index contributed by atoms with van der Waals surface area (Å²) in [5, 5.41) is 4.32. The van der Waals surface area contributed by atoms with Crippen LogP contribution in [0.1, 0.15) is 43.0 Å². The van der Waals surface area contributed by atoms with Crippen LogP contribution in [0.25, 0.3) is 0 Å². The Labute approximate surface area is 115 Å². The highest BCUT2D eigenvalue weighted by molar-refractivity contribution is 9.10. The summed E-state index contributed by atoms with van der Waals surface area (Å²) in [6.07, 6.45) is 5.19. The first-order valence-corrected chi connectivity index (χ1v) is 6.57. The van der Waals surface area contributed by atoms with Crippen molar-refractivity contribution in [1.29, 1.82) is 0 Å². The second-order valence-corrected chi connectivity index (χ2v) is 5.33. The van der Waals surface area contributed by atoms with Gasteiger partial charge in [-0.2, -0.15) is 5.10 Å². The van der Waals surface area contributed by atoms with Crippen LogP contribution >= 0.6 is 15.9 Å². The standard InChI is InChI=1S/C12H16BrN5/c1-7(2)18-12(9(13)5-17-18)11(14)10-6-15-8(3)4-16-10/h4-7,11H,14H2,1-3H3. The number of halogens is 1. The lowest BCUT2D eigenvalue weighted by Crippen LogP contribution is -2.20. The van der Waals surface area contributed by atoms with Gasteiger partial charge in [0, 0.05) is 12.2 Å². The van der Waals surface area contributed by atoms with E-state index in [0.29, 0.717) is 0 Å². The van der Waals surface area contributed by atoms with Crippen molar-refractivity contribution in [2.75, 3.05) is 0 Å². The summed E-state index contributed by atoms with van der Waals surface area (Å²) in [7, 11) is 0. The number of rotatable bonds is 3. The van der Waals surface area contributed by atoms with Gasteiger partial charge >= 0.3 is 0 Å². The molecule has 0 aliphatic rings. The summed E-state index contributed by atoms with van der Waals surface area (Å²) in [6, 6.07) is -0.0897. The van der Waals surface area contributed by atoms with Gasteiger partial charge in [-0.1, -0.05) is 0 Å². The van der Waals surface area contributed by atoms with E-state index in [1.54, 1.807) is 18.6 Å². The smallest absolute Gasteiger partial charge is 0.0924 e. The Kier molecular flexibility index (Phi) is 3.77. The Bertz CT molecular complexity index is 532. The zero-order valence-electron chi connectivity index (χ0n) is 10.6. The molecule has 2 aromatic rings. The summed E-state index contributed by atoms with van der Waals surface area (Å²) in [5.74, 6) is 0. The summed E-state index contributed by atoms with van der Waals surface area (Å²) in [5.41, 5.74) is 8.79. The summed E-state index contributed by atoms with van der Waals surface area (Å²) in [6.45, 7) is 6.03. The summed E-state index contributed by atoms with van der Waals surface area (Å²) >= 11 is 3.49. The predicted molar refractivity (Wildman–Crippen MR) is 73.1 cm³/mol. The summed E-state index contributed by atoms with van der Waals surface area (Å²) in [4.78, 5) is 8.55. The molecule has 0 fully saturated rings. The molecule has 1 atom stereocenters. The van der Waals surface area contributed by atoms with Crippen LogP contribution in [0.5, 0.6) is 0 Å². The maximum atomic E-state index is 6.26. The second kappa shape index (κ2) is 5.16. The van der Waals surface area contributed by atoms with Crippen molar-refractivity contribution < 1.29 is 0 Å². The lowest BCUT2D eigenvalue weighted by molar-refractivity contribution is 0.496. The van der Waals surface area contributed by atoms with Crippen LogP contribution in [0, 0.1) is 6.92 Å². The predicted octanol–water partition coefficient (Wildman–Crippen LogP) is 2.37. The molecule has 96 valence electrons. The molecule has 0 saturated carbocycles. The highest BCUT2D eigenvalue weighted by atomic mass is 79.9. The van der Waals surface area contributed by atoms with Crippen LogP contribution in [0.2, 0.25) is 0 Å². The zero-order chi connectivity index (χ0) is 13.3. The van der Waals surface area contributed by atoms with E-state index in [0.717, 1.165) is 21.6 Å². The third kappa shape index (κ3) is 2.44. The first-order chi connectivity index (χ1) is 8.50. The van der Waals surface area contributed by atoms with E-state index in [9.17, 15) is 0 Å². The molecule has 0 bridgehead atoms. The molecule has 6 heteroatoms. The molecule has 2 N–H and O–H groups in total. The fourth-order valence-electron chi connectivity index (χ4n) is 1.76. The average Bonchev–Trinajstić information content (AvgIpc) is 2.71. The van der Waals surface area contributed by atoms with Gasteiger partial charge in [0.05, 0.1) is 40.0 Å². The molecule has 18 heavy (non-hydrogen) atoms. The van der Waals surface area contributed by atoms with Crippen molar-refractivity contribution in [2.24, 2.45) is 5.73 Å². The lowest BCUT2D eigenvalue weighted by atomic mass is 10.1. The molecule has 0 spiro atoms. The Hall–Kier alpha value is -1.27. The highest BCUT2D eigenvalue weighted by Crippen LogP contribution is 2.27. The maximum Gasteiger partial charge on any atom is 0.0924 e. The molecule has 2 aromatic heterocycles. The van der Waals surface area contributed by atoms with Crippen LogP contribution in [-0.2, 0) is 0 Å². The molecule has 0 amide bonds. The van der Waals surface area contributed by atoms with Gasteiger partial charge in [-0.15, -0.1) is 0 Å². The normalized spacial score (nSPS) is 13.0. The third-order valence-corrected chi connectivity index (χ3v) is 3.30. The van der Waals surface area contributed by atoms with Crippen molar-refractivity contribution in [3.63, 3.8) is 0 Å². The minimum Gasteiger partial charge on any atom is -0.318 e. The van der Waals surface area contributed by atoms with E-state index in [-0.39, 0.29) is 12.1 Å². The Morgan fingerprint density at radius 3 is 2.50 bits per heavy atom. The number of hydrogen-bond acceptors (Lipinski definition) is 4. The van der Waals surface area contributed by atoms with Gasteiger partial charge in [0.1, 0.15) is 0 Å². The van der Waals surface area contributed by atoms with E-state index >= 15 is 0 Å². The Balaban J connectivity index is 2.42. The maximum absolute atomic E-state index is 6.26. The van der Waals surface area contributed by atoms with E-state index in [2.05, 4.69) is 44.8 Å².